The maximum Gasteiger partial charge on any atom is 0.405 e. The average Bonchev–Trinajstić information content (AvgIpc) is 2.99. The monoisotopic (exact) mass is 428 g/mol. The molecule has 3 atom stereocenters. The number of nitrogens with one attached hydrogen (secondary N) is 2. The quantitative estimate of drug-likeness (QED) is 0.632. The van der Waals surface area contributed by atoms with Gasteiger partial charge in [-0.15, -0.1) is 11.8 Å². The summed E-state index contributed by atoms with van der Waals surface area (Å²) < 4.78 is 36.9. The number of anilines is 1. The first-order valence-corrected chi connectivity index (χ1v) is 10.2. The topological polar surface area (TPSA) is 85.2 Å². The van der Waals surface area contributed by atoms with Gasteiger partial charge in [0.1, 0.15) is 12.5 Å². The lowest BCUT2D eigenvalue weighted by atomic mass is 10.1. The van der Waals surface area contributed by atoms with E-state index in [0.717, 1.165) is 5.69 Å². The molecule has 6 nitrogen and oxygen atoms in total. The third-order valence-electron chi connectivity index (χ3n) is 4.45. The third-order valence-corrected chi connectivity index (χ3v) is 5.98. The zero-order valence-corrected chi connectivity index (χ0v) is 16.7. The Balaban J connectivity index is 1.91. The van der Waals surface area contributed by atoms with Gasteiger partial charge in [0.05, 0.1) is 16.7 Å². The molecule has 2 rings (SSSR count). The van der Waals surface area contributed by atoms with E-state index in [1.165, 1.54) is 11.8 Å². The summed E-state index contributed by atoms with van der Waals surface area (Å²) in [6.45, 7) is 1.29. The molecule has 1 heterocycles. The van der Waals surface area contributed by atoms with Crippen molar-refractivity contribution in [3.8, 4) is 6.07 Å². The highest BCUT2D eigenvalue weighted by atomic mass is 32.2. The first kappa shape index (κ1) is 22.9. The van der Waals surface area contributed by atoms with Gasteiger partial charge in [0.15, 0.2) is 0 Å². The van der Waals surface area contributed by atoms with Crippen LogP contribution in [0.2, 0.25) is 0 Å². The van der Waals surface area contributed by atoms with Crippen LogP contribution in [0.25, 0.3) is 0 Å². The second kappa shape index (κ2) is 10.4. The Bertz CT molecular complexity index is 739. The first-order chi connectivity index (χ1) is 13.7. The summed E-state index contributed by atoms with van der Waals surface area (Å²) in [5, 5.41) is 13.5. The highest BCUT2D eigenvalue weighted by Gasteiger charge is 2.41. The highest BCUT2D eigenvalue weighted by molar-refractivity contribution is 8.01. The second-order valence-corrected chi connectivity index (χ2v) is 7.92. The summed E-state index contributed by atoms with van der Waals surface area (Å²) in [6, 6.07) is 11.3. The van der Waals surface area contributed by atoms with Crippen LogP contribution in [-0.4, -0.2) is 53.1 Å². The molecule has 1 aliphatic rings. The molecule has 1 fully saturated rings. The van der Waals surface area contributed by atoms with E-state index in [9.17, 15) is 28.0 Å². The number of carbonyl (C=O) groups excluding carboxylic acids is 2. The van der Waals surface area contributed by atoms with E-state index in [2.05, 4.69) is 5.32 Å². The smallest absolute Gasteiger partial charge is 0.385 e. The molecule has 0 aromatic heterocycles. The predicted molar refractivity (Wildman–Crippen MR) is 105 cm³/mol. The fraction of sp³-hybridized carbons (Fsp3) is 0.526. The molecule has 2 amide bonds. The van der Waals surface area contributed by atoms with Crippen molar-refractivity contribution < 1.29 is 22.8 Å². The molecule has 0 saturated carbocycles. The summed E-state index contributed by atoms with van der Waals surface area (Å²) in [5.74, 6) is -2.30. The number of nitriles is 1. The molecule has 1 aliphatic heterocycles. The van der Waals surface area contributed by atoms with E-state index in [1.807, 2.05) is 30.3 Å². The standard InChI is InChI=1S/C19H23F3N4O2S/c1-2-26-16(10-13(11-23)17(27)25-12-19(20,21)22)29-15(18(26)28)8-9-24-14-6-4-3-5-7-14/h3-7,13,15-16,24H,2,8-10,12H2,1H3,(H,25,27). The molecule has 3 unspecified atom stereocenters. The van der Waals surface area contributed by atoms with Crippen molar-refractivity contribution in [3.05, 3.63) is 30.3 Å². The van der Waals surface area contributed by atoms with Crippen LogP contribution in [0.1, 0.15) is 19.8 Å². The maximum atomic E-state index is 12.6. The molecular weight excluding hydrogens is 405 g/mol. The number of halogens is 3. The van der Waals surface area contributed by atoms with Crippen LogP contribution in [-0.2, 0) is 9.59 Å². The highest BCUT2D eigenvalue weighted by Crippen LogP contribution is 2.36. The predicted octanol–water partition coefficient (Wildman–Crippen LogP) is 2.99. The van der Waals surface area contributed by atoms with Crippen molar-refractivity contribution in [1.82, 2.24) is 10.2 Å². The number of carbonyl (C=O) groups is 2. The second-order valence-electron chi connectivity index (χ2n) is 6.54. The van der Waals surface area contributed by atoms with Crippen molar-refractivity contribution in [2.45, 2.75) is 36.6 Å². The van der Waals surface area contributed by atoms with Crippen LogP contribution < -0.4 is 10.6 Å². The fourth-order valence-corrected chi connectivity index (χ4v) is 4.60. The van der Waals surface area contributed by atoms with Gasteiger partial charge in [-0.05, 0) is 25.5 Å². The fourth-order valence-electron chi connectivity index (χ4n) is 3.02. The van der Waals surface area contributed by atoms with Gasteiger partial charge in [-0.3, -0.25) is 9.59 Å². The Kier molecular flexibility index (Phi) is 8.20. The lowest BCUT2D eigenvalue weighted by molar-refractivity contribution is -0.140. The van der Waals surface area contributed by atoms with Crippen LogP contribution in [0.3, 0.4) is 0 Å². The van der Waals surface area contributed by atoms with Gasteiger partial charge < -0.3 is 15.5 Å². The molecule has 0 bridgehead atoms. The number of para-hydroxylation sites is 1. The Labute approximate surface area is 171 Å². The van der Waals surface area contributed by atoms with E-state index in [0.29, 0.717) is 19.5 Å². The van der Waals surface area contributed by atoms with Crippen LogP contribution in [0.5, 0.6) is 0 Å². The van der Waals surface area contributed by atoms with Gasteiger partial charge in [-0.1, -0.05) is 18.2 Å². The molecule has 0 spiro atoms. The molecular formula is C19H23F3N4O2S. The number of thioether (sulfide) groups is 1. The lowest BCUT2D eigenvalue weighted by Gasteiger charge is -2.23. The van der Waals surface area contributed by atoms with Gasteiger partial charge in [-0.25, -0.2) is 0 Å². The van der Waals surface area contributed by atoms with E-state index < -0.39 is 29.9 Å². The van der Waals surface area contributed by atoms with Crippen LogP contribution in [0, 0.1) is 17.2 Å². The SMILES string of the molecule is CCN1C(=O)C(CCNc2ccccc2)SC1CC(C#N)C(=O)NCC(F)(F)F. The summed E-state index contributed by atoms with van der Waals surface area (Å²) >= 11 is 1.35. The molecule has 29 heavy (non-hydrogen) atoms. The molecule has 1 aromatic rings. The minimum Gasteiger partial charge on any atom is -0.385 e. The molecule has 0 radical (unpaired) electrons. The minimum absolute atomic E-state index is 0.00689. The Morgan fingerprint density at radius 1 is 1.34 bits per heavy atom. The van der Waals surface area contributed by atoms with E-state index >= 15 is 0 Å². The zero-order valence-electron chi connectivity index (χ0n) is 15.9. The number of hydrogen-bond donors (Lipinski definition) is 2. The number of hydrogen-bond acceptors (Lipinski definition) is 5. The lowest BCUT2D eigenvalue weighted by Crippen LogP contribution is -2.40. The molecule has 2 N–H and O–H groups in total. The number of benzene rings is 1. The van der Waals surface area contributed by atoms with Crippen molar-refractivity contribution in [3.63, 3.8) is 0 Å². The number of alkyl halides is 3. The van der Waals surface area contributed by atoms with Gasteiger partial charge in [0, 0.05) is 25.2 Å². The minimum atomic E-state index is -4.54. The van der Waals surface area contributed by atoms with Crippen molar-refractivity contribution in [1.29, 1.82) is 5.26 Å². The van der Waals surface area contributed by atoms with Gasteiger partial charge >= 0.3 is 6.18 Å². The summed E-state index contributed by atoms with van der Waals surface area (Å²) in [5.41, 5.74) is 0.942. The van der Waals surface area contributed by atoms with E-state index in [-0.39, 0.29) is 17.6 Å². The van der Waals surface area contributed by atoms with Gasteiger partial charge in [0.2, 0.25) is 11.8 Å². The maximum absolute atomic E-state index is 12.6. The average molecular weight is 428 g/mol. The number of nitrogens with zero attached hydrogens (tertiary/aromatic N) is 2. The number of amides is 2. The summed E-state index contributed by atoms with van der Waals surface area (Å²) in [4.78, 5) is 26.2. The Morgan fingerprint density at radius 2 is 2.03 bits per heavy atom. The molecule has 10 heteroatoms. The van der Waals surface area contributed by atoms with Crippen molar-refractivity contribution >= 4 is 29.3 Å². The normalized spacial score (nSPS) is 20.2. The van der Waals surface area contributed by atoms with Gasteiger partial charge in [0.25, 0.3) is 0 Å². The van der Waals surface area contributed by atoms with E-state index in [4.69, 9.17) is 0 Å². The zero-order chi connectivity index (χ0) is 21.4. The van der Waals surface area contributed by atoms with Gasteiger partial charge in [-0.2, -0.15) is 18.4 Å². The summed E-state index contributed by atoms with van der Waals surface area (Å²) in [7, 11) is 0. The Hall–Kier alpha value is -2.41. The van der Waals surface area contributed by atoms with Crippen LogP contribution in [0.15, 0.2) is 30.3 Å². The third kappa shape index (κ3) is 6.85. The van der Waals surface area contributed by atoms with Crippen molar-refractivity contribution in [2.24, 2.45) is 5.92 Å². The van der Waals surface area contributed by atoms with Crippen LogP contribution in [0.4, 0.5) is 18.9 Å². The number of rotatable bonds is 9. The summed E-state index contributed by atoms with van der Waals surface area (Å²) in [6.07, 6.45) is -3.99. The molecule has 1 saturated heterocycles. The Morgan fingerprint density at radius 3 is 2.62 bits per heavy atom. The molecule has 1 aromatic carbocycles. The van der Waals surface area contributed by atoms with E-state index in [1.54, 1.807) is 23.2 Å². The molecule has 0 aliphatic carbocycles. The van der Waals surface area contributed by atoms with Crippen LogP contribution >= 0.6 is 11.8 Å². The molecule has 158 valence electrons. The van der Waals surface area contributed by atoms with Crippen molar-refractivity contribution in [2.75, 3.05) is 25.0 Å². The largest absolute Gasteiger partial charge is 0.405 e. The first-order valence-electron chi connectivity index (χ1n) is 9.24.